The second-order valence-electron chi connectivity index (χ2n) is 7.99. The Kier molecular flexibility index (Phi) is 6.11. The number of rotatable bonds is 4. The van der Waals surface area contributed by atoms with E-state index in [9.17, 15) is 18.0 Å². The highest BCUT2D eigenvalue weighted by Crippen LogP contribution is 2.23. The molecule has 2 aromatic carbocycles. The van der Waals surface area contributed by atoms with E-state index < -0.39 is 9.84 Å². The predicted octanol–water partition coefficient (Wildman–Crippen LogP) is 2.22. The molecule has 0 spiro atoms. The number of hydrogen-bond acceptors (Lipinski definition) is 5. The molecule has 2 aromatic rings. The Labute approximate surface area is 182 Å². The van der Waals surface area contributed by atoms with Crippen molar-refractivity contribution in [1.29, 1.82) is 0 Å². The maximum absolute atomic E-state index is 12.9. The molecule has 0 bridgehead atoms. The van der Waals surface area contributed by atoms with Gasteiger partial charge in [0.25, 0.3) is 11.8 Å². The molecule has 2 saturated heterocycles. The van der Waals surface area contributed by atoms with Crippen molar-refractivity contribution in [2.75, 3.05) is 39.0 Å². The zero-order valence-electron chi connectivity index (χ0n) is 17.5. The van der Waals surface area contributed by atoms with Crippen molar-refractivity contribution in [3.63, 3.8) is 0 Å². The molecule has 0 aromatic heterocycles. The number of sulfone groups is 1. The second kappa shape index (κ2) is 8.80. The summed E-state index contributed by atoms with van der Waals surface area (Å²) < 4.78 is 28.7. The molecule has 4 rings (SSSR count). The van der Waals surface area contributed by atoms with E-state index in [0.717, 1.165) is 24.0 Å². The summed E-state index contributed by atoms with van der Waals surface area (Å²) in [5.41, 5.74) is 2.38. The molecule has 31 heavy (non-hydrogen) atoms. The highest BCUT2D eigenvalue weighted by Gasteiger charge is 2.31. The van der Waals surface area contributed by atoms with Crippen molar-refractivity contribution in [3.05, 3.63) is 54.1 Å². The molecule has 7 nitrogen and oxygen atoms in total. The van der Waals surface area contributed by atoms with Gasteiger partial charge in [0.15, 0.2) is 9.84 Å². The summed E-state index contributed by atoms with van der Waals surface area (Å²) in [5, 5.41) is 0. The second-order valence-corrected chi connectivity index (χ2v) is 10.0. The highest BCUT2D eigenvalue weighted by molar-refractivity contribution is 7.90. The molecule has 1 atom stereocenters. The summed E-state index contributed by atoms with van der Waals surface area (Å²) in [5.74, 6) is -0.0148. The third-order valence-electron chi connectivity index (χ3n) is 5.83. The average molecular weight is 443 g/mol. The molecule has 2 amide bonds. The highest BCUT2D eigenvalue weighted by atomic mass is 32.2. The molecule has 2 fully saturated rings. The summed E-state index contributed by atoms with van der Waals surface area (Å²) in [4.78, 5) is 29.2. The first-order chi connectivity index (χ1) is 14.8. The van der Waals surface area contributed by atoms with Gasteiger partial charge in [0.1, 0.15) is 6.10 Å². The van der Waals surface area contributed by atoms with Crippen molar-refractivity contribution in [2.24, 2.45) is 0 Å². The topological polar surface area (TPSA) is 84.0 Å². The number of carbonyl (C=O) groups excluding carboxylic acids is 2. The molecule has 0 aliphatic carbocycles. The molecular weight excluding hydrogens is 416 g/mol. The Hall–Kier alpha value is -2.71. The Morgan fingerprint density at radius 3 is 1.94 bits per heavy atom. The molecule has 2 aliphatic rings. The van der Waals surface area contributed by atoms with Crippen LogP contribution in [0.2, 0.25) is 0 Å². The van der Waals surface area contributed by atoms with Gasteiger partial charge in [0, 0.05) is 44.6 Å². The quantitative estimate of drug-likeness (QED) is 0.725. The van der Waals surface area contributed by atoms with Crippen LogP contribution in [0.3, 0.4) is 0 Å². The monoisotopic (exact) mass is 442 g/mol. The first-order valence-electron chi connectivity index (χ1n) is 10.4. The lowest BCUT2D eigenvalue weighted by Crippen LogP contribution is -2.52. The number of benzene rings is 2. The molecule has 0 N–H and O–H groups in total. The van der Waals surface area contributed by atoms with Gasteiger partial charge in [-0.05, 0) is 48.2 Å². The molecule has 164 valence electrons. The zero-order valence-corrected chi connectivity index (χ0v) is 18.3. The van der Waals surface area contributed by atoms with Gasteiger partial charge < -0.3 is 14.5 Å². The van der Waals surface area contributed by atoms with Crippen LogP contribution in [0.15, 0.2) is 53.4 Å². The lowest BCUT2D eigenvalue weighted by atomic mass is 10.0. The first-order valence-corrected chi connectivity index (χ1v) is 12.3. The van der Waals surface area contributed by atoms with Gasteiger partial charge in [-0.25, -0.2) is 8.42 Å². The Morgan fingerprint density at radius 2 is 1.42 bits per heavy atom. The van der Waals surface area contributed by atoms with Gasteiger partial charge in [-0.3, -0.25) is 9.59 Å². The van der Waals surface area contributed by atoms with Crippen LogP contribution in [0.4, 0.5) is 0 Å². The standard InChI is InChI=1S/C23H26N2O5S/c1-31(28,29)20-10-8-18(9-11-20)17-4-6-19(7-5-17)22(26)24-12-14-25(15-13-24)23(27)21-3-2-16-30-21/h4-11,21H,2-3,12-16H2,1H3/t21-/m1/s1. The number of amides is 2. The van der Waals surface area contributed by atoms with Crippen LogP contribution in [0.1, 0.15) is 23.2 Å². The van der Waals surface area contributed by atoms with Crippen LogP contribution in [0.25, 0.3) is 11.1 Å². The number of piperazine rings is 1. The summed E-state index contributed by atoms with van der Waals surface area (Å²) in [6.07, 6.45) is 2.57. The van der Waals surface area contributed by atoms with Crippen LogP contribution >= 0.6 is 0 Å². The zero-order chi connectivity index (χ0) is 22.0. The van der Waals surface area contributed by atoms with Gasteiger partial charge in [-0.2, -0.15) is 0 Å². The SMILES string of the molecule is CS(=O)(=O)c1ccc(-c2ccc(C(=O)N3CCN(C(=O)[C@H]4CCCO4)CC3)cc2)cc1. The van der Waals surface area contributed by atoms with Crippen LogP contribution < -0.4 is 0 Å². The Bertz CT molecular complexity index is 1050. The van der Waals surface area contributed by atoms with Crippen molar-refractivity contribution in [3.8, 4) is 11.1 Å². The Morgan fingerprint density at radius 1 is 0.871 bits per heavy atom. The van der Waals surface area contributed by atoms with E-state index in [1.165, 1.54) is 6.26 Å². The number of hydrogen-bond donors (Lipinski definition) is 0. The molecule has 8 heteroatoms. The fourth-order valence-electron chi connectivity index (χ4n) is 3.99. The maximum Gasteiger partial charge on any atom is 0.253 e. The number of nitrogens with zero attached hydrogens (tertiary/aromatic N) is 2. The van der Waals surface area contributed by atoms with Crippen molar-refractivity contribution in [2.45, 2.75) is 23.8 Å². The molecule has 0 saturated carbocycles. The number of ether oxygens (including phenoxy) is 1. The van der Waals surface area contributed by atoms with E-state index in [4.69, 9.17) is 4.74 Å². The van der Waals surface area contributed by atoms with E-state index in [1.807, 2.05) is 12.1 Å². The van der Waals surface area contributed by atoms with Crippen molar-refractivity contribution >= 4 is 21.7 Å². The normalized spacial score (nSPS) is 19.5. The van der Waals surface area contributed by atoms with E-state index in [0.29, 0.717) is 38.3 Å². The summed E-state index contributed by atoms with van der Waals surface area (Å²) in [7, 11) is -3.23. The summed E-state index contributed by atoms with van der Waals surface area (Å²) >= 11 is 0. The van der Waals surface area contributed by atoms with Crippen LogP contribution in [0.5, 0.6) is 0 Å². The Balaban J connectivity index is 1.37. The fraction of sp³-hybridized carbons (Fsp3) is 0.391. The third kappa shape index (κ3) is 4.80. The van der Waals surface area contributed by atoms with Gasteiger partial charge in [-0.15, -0.1) is 0 Å². The van der Waals surface area contributed by atoms with Crippen LogP contribution in [-0.2, 0) is 19.4 Å². The minimum atomic E-state index is -3.23. The first kappa shape index (κ1) is 21.5. The van der Waals surface area contributed by atoms with Gasteiger partial charge in [-0.1, -0.05) is 24.3 Å². The molecular formula is C23H26N2O5S. The van der Waals surface area contributed by atoms with Gasteiger partial charge >= 0.3 is 0 Å². The van der Waals surface area contributed by atoms with Crippen molar-refractivity contribution in [1.82, 2.24) is 9.80 Å². The van der Waals surface area contributed by atoms with Gasteiger partial charge in [0.2, 0.25) is 0 Å². The van der Waals surface area contributed by atoms with E-state index in [2.05, 4.69) is 0 Å². The molecule has 2 aliphatic heterocycles. The molecule has 0 unspecified atom stereocenters. The van der Waals surface area contributed by atoms with E-state index in [1.54, 1.807) is 46.2 Å². The summed E-state index contributed by atoms with van der Waals surface area (Å²) in [6, 6.07) is 14.0. The lowest BCUT2D eigenvalue weighted by molar-refractivity contribution is -0.142. The minimum Gasteiger partial charge on any atom is -0.368 e. The average Bonchev–Trinajstić information content (AvgIpc) is 3.33. The fourth-order valence-corrected chi connectivity index (χ4v) is 4.62. The number of carbonyl (C=O) groups is 2. The lowest BCUT2D eigenvalue weighted by Gasteiger charge is -2.35. The third-order valence-corrected chi connectivity index (χ3v) is 6.96. The van der Waals surface area contributed by atoms with Crippen LogP contribution in [0, 0.1) is 0 Å². The smallest absolute Gasteiger partial charge is 0.253 e. The predicted molar refractivity (Wildman–Crippen MR) is 116 cm³/mol. The minimum absolute atomic E-state index is 0.0378. The van der Waals surface area contributed by atoms with E-state index in [-0.39, 0.29) is 22.8 Å². The van der Waals surface area contributed by atoms with E-state index >= 15 is 0 Å². The van der Waals surface area contributed by atoms with Gasteiger partial charge in [0.05, 0.1) is 4.90 Å². The van der Waals surface area contributed by atoms with Crippen LogP contribution in [-0.4, -0.2) is 75.2 Å². The summed E-state index contributed by atoms with van der Waals surface area (Å²) in [6.45, 7) is 2.70. The van der Waals surface area contributed by atoms with Crippen molar-refractivity contribution < 1.29 is 22.7 Å². The largest absolute Gasteiger partial charge is 0.368 e. The maximum atomic E-state index is 12.9. The molecule has 0 radical (unpaired) electrons. The molecule has 2 heterocycles.